The van der Waals surface area contributed by atoms with Crippen LogP contribution in [0.1, 0.15) is 35.1 Å². The monoisotopic (exact) mass is 435 g/mol. The molecule has 0 aliphatic carbocycles. The number of nitrogens with zero attached hydrogens (tertiary/aromatic N) is 5. The van der Waals surface area contributed by atoms with E-state index < -0.39 is 5.79 Å². The molecule has 1 spiro atoms. The maximum atomic E-state index is 6.34. The fourth-order valence-electron chi connectivity index (χ4n) is 4.91. The van der Waals surface area contributed by atoms with Crippen LogP contribution in [0.5, 0.6) is 0 Å². The van der Waals surface area contributed by atoms with Crippen molar-refractivity contribution in [2.45, 2.75) is 37.5 Å². The van der Waals surface area contributed by atoms with Crippen LogP contribution < -0.4 is 0 Å². The van der Waals surface area contributed by atoms with Crippen molar-refractivity contribution in [1.29, 1.82) is 0 Å². The largest absolute Gasteiger partial charge is 0.456 e. The van der Waals surface area contributed by atoms with Gasteiger partial charge in [0.2, 0.25) is 0 Å². The third kappa shape index (κ3) is 3.38. The predicted octanol–water partition coefficient (Wildman–Crippen LogP) is 3.62. The fourth-order valence-corrected chi connectivity index (χ4v) is 5.11. The summed E-state index contributed by atoms with van der Waals surface area (Å²) in [7, 11) is 0. The van der Waals surface area contributed by atoms with Gasteiger partial charge in [-0.05, 0) is 48.4 Å². The number of hydrogen-bond acceptors (Lipinski definition) is 6. The molecule has 1 atom stereocenters. The SMILES string of the molecule is Clc1ccc2c(c1)CC1(Cc3nnc([C@@H]4CCN(Cc5cccnc5)C4)n3-2)OC=CO1. The lowest BCUT2D eigenvalue weighted by molar-refractivity contribution is -0.139. The Morgan fingerprint density at radius 1 is 1.13 bits per heavy atom. The van der Waals surface area contributed by atoms with Crippen molar-refractivity contribution in [3.63, 3.8) is 0 Å². The summed E-state index contributed by atoms with van der Waals surface area (Å²) in [5.74, 6) is 1.36. The lowest BCUT2D eigenvalue weighted by Gasteiger charge is -2.25. The van der Waals surface area contributed by atoms with Crippen LogP contribution in [0.3, 0.4) is 0 Å². The summed E-state index contributed by atoms with van der Waals surface area (Å²) < 4.78 is 14.0. The molecule has 31 heavy (non-hydrogen) atoms. The lowest BCUT2D eigenvalue weighted by atomic mass is 10.0. The summed E-state index contributed by atoms with van der Waals surface area (Å²) in [5, 5.41) is 9.92. The van der Waals surface area contributed by atoms with Crippen molar-refractivity contribution in [3.05, 3.63) is 83.0 Å². The van der Waals surface area contributed by atoms with Gasteiger partial charge in [-0.15, -0.1) is 10.2 Å². The highest BCUT2D eigenvalue weighted by atomic mass is 35.5. The van der Waals surface area contributed by atoms with Gasteiger partial charge in [-0.1, -0.05) is 17.7 Å². The second-order valence-electron chi connectivity index (χ2n) is 8.44. The molecule has 6 rings (SSSR count). The summed E-state index contributed by atoms with van der Waals surface area (Å²) >= 11 is 6.34. The Bertz CT molecular complexity index is 1140. The van der Waals surface area contributed by atoms with Crippen LogP contribution in [0.2, 0.25) is 5.02 Å². The van der Waals surface area contributed by atoms with Crippen LogP contribution in [-0.2, 0) is 28.9 Å². The smallest absolute Gasteiger partial charge is 0.260 e. The molecule has 8 heteroatoms. The van der Waals surface area contributed by atoms with E-state index in [0.717, 1.165) is 49.0 Å². The van der Waals surface area contributed by atoms with Crippen molar-refractivity contribution in [3.8, 4) is 5.69 Å². The first kappa shape index (κ1) is 18.8. The Labute approximate surface area is 185 Å². The summed E-state index contributed by atoms with van der Waals surface area (Å²) in [5.41, 5.74) is 3.36. The van der Waals surface area contributed by atoms with Crippen LogP contribution in [0.15, 0.2) is 55.2 Å². The fraction of sp³-hybridized carbons (Fsp3) is 0.348. The van der Waals surface area contributed by atoms with Gasteiger partial charge < -0.3 is 9.47 Å². The van der Waals surface area contributed by atoms with Crippen molar-refractivity contribution < 1.29 is 9.47 Å². The lowest BCUT2D eigenvalue weighted by Crippen LogP contribution is -2.35. The first-order chi connectivity index (χ1) is 15.2. The first-order valence-electron chi connectivity index (χ1n) is 10.5. The van der Waals surface area contributed by atoms with Crippen LogP contribution in [0, 0.1) is 0 Å². The van der Waals surface area contributed by atoms with Gasteiger partial charge in [-0.25, -0.2) is 0 Å². The maximum absolute atomic E-state index is 6.34. The van der Waals surface area contributed by atoms with Gasteiger partial charge in [0.1, 0.15) is 24.2 Å². The molecule has 1 fully saturated rings. The van der Waals surface area contributed by atoms with Gasteiger partial charge >= 0.3 is 0 Å². The quantitative estimate of drug-likeness (QED) is 0.626. The van der Waals surface area contributed by atoms with Gasteiger partial charge in [-0.2, -0.15) is 0 Å². The van der Waals surface area contributed by atoms with E-state index >= 15 is 0 Å². The number of aromatic nitrogens is 4. The van der Waals surface area contributed by atoms with Crippen molar-refractivity contribution in [1.82, 2.24) is 24.6 Å². The van der Waals surface area contributed by atoms with Gasteiger partial charge in [-0.3, -0.25) is 14.5 Å². The zero-order valence-electron chi connectivity index (χ0n) is 16.9. The molecule has 0 radical (unpaired) electrons. The Kier molecular flexibility index (Phi) is 4.47. The maximum Gasteiger partial charge on any atom is 0.260 e. The standard InChI is InChI=1S/C23H22ClN5O2/c24-19-3-4-20-18(10-19)11-23(30-8-9-31-23)12-21-26-27-22(29(20)21)17-5-7-28(15-17)14-16-2-1-6-25-13-16/h1-4,6,8-10,13,17H,5,7,11-12,14-15H2/t17-/m1/s1. The molecular weight excluding hydrogens is 414 g/mol. The molecule has 3 aliphatic rings. The molecule has 7 nitrogen and oxygen atoms in total. The molecule has 0 unspecified atom stereocenters. The predicted molar refractivity (Wildman–Crippen MR) is 115 cm³/mol. The molecular formula is C23H22ClN5O2. The normalized spacial score (nSPS) is 21.4. The number of fused-ring (bicyclic) bond motifs is 3. The second kappa shape index (κ2) is 7.35. The topological polar surface area (TPSA) is 65.3 Å². The Morgan fingerprint density at radius 3 is 2.87 bits per heavy atom. The molecule has 0 saturated carbocycles. The molecule has 3 aromatic rings. The minimum absolute atomic E-state index is 0.305. The number of pyridine rings is 1. The van der Waals surface area contributed by atoms with E-state index in [4.69, 9.17) is 21.1 Å². The van der Waals surface area contributed by atoms with Gasteiger partial charge in [0.15, 0.2) is 0 Å². The number of rotatable bonds is 3. The Morgan fingerprint density at radius 2 is 2.03 bits per heavy atom. The highest BCUT2D eigenvalue weighted by molar-refractivity contribution is 6.30. The van der Waals surface area contributed by atoms with Gasteiger partial charge in [0, 0.05) is 36.4 Å². The Balaban J connectivity index is 1.34. The van der Waals surface area contributed by atoms with Crippen LogP contribution in [0.25, 0.3) is 5.69 Å². The number of halogens is 1. The summed E-state index contributed by atoms with van der Waals surface area (Å²) in [6.45, 7) is 2.86. The van der Waals surface area contributed by atoms with E-state index in [0.29, 0.717) is 23.8 Å². The summed E-state index contributed by atoms with van der Waals surface area (Å²) in [6, 6.07) is 10.1. The molecule has 3 aliphatic heterocycles. The minimum atomic E-state index is -0.792. The van der Waals surface area contributed by atoms with E-state index in [-0.39, 0.29) is 0 Å². The van der Waals surface area contributed by atoms with Crippen molar-refractivity contribution >= 4 is 11.6 Å². The Hall–Kier alpha value is -2.90. The van der Waals surface area contributed by atoms with E-state index in [2.05, 4.69) is 36.8 Å². The molecule has 0 amide bonds. The zero-order valence-corrected chi connectivity index (χ0v) is 17.7. The number of ether oxygens (including phenoxy) is 2. The molecule has 5 heterocycles. The average Bonchev–Trinajstić information content (AvgIpc) is 3.49. The van der Waals surface area contributed by atoms with E-state index in [1.807, 2.05) is 30.6 Å². The molecule has 1 saturated heterocycles. The molecule has 158 valence electrons. The van der Waals surface area contributed by atoms with Crippen molar-refractivity contribution in [2.24, 2.45) is 0 Å². The summed E-state index contributed by atoms with van der Waals surface area (Å²) in [4.78, 5) is 6.69. The zero-order chi connectivity index (χ0) is 20.8. The first-order valence-corrected chi connectivity index (χ1v) is 10.9. The minimum Gasteiger partial charge on any atom is -0.456 e. The number of benzene rings is 1. The average molecular weight is 436 g/mol. The third-order valence-electron chi connectivity index (χ3n) is 6.31. The third-order valence-corrected chi connectivity index (χ3v) is 6.55. The van der Waals surface area contributed by atoms with Crippen LogP contribution in [0.4, 0.5) is 0 Å². The highest BCUT2D eigenvalue weighted by Crippen LogP contribution is 2.38. The van der Waals surface area contributed by atoms with Gasteiger partial charge in [0.25, 0.3) is 5.79 Å². The molecule has 2 aromatic heterocycles. The number of hydrogen-bond donors (Lipinski definition) is 0. The second-order valence-corrected chi connectivity index (χ2v) is 8.87. The van der Waals surface area contributed by atoms with Gasteiger partial charge in [0.05, 0.1) is 18.5 Å². The molecule has 0 N–H and O–H groups in total. The molecule has 0 bridgehead atoms. The summed E-state index contributed by atoms with van der Waals surface area (Å²) in [6.07, 6.45) is 9.11. The van der Waals surface area contributed by atoms with E-state index in [1.165, 1.54) is 5.56 Å². The van der Waals surface area contributed by atoms with E-state index in [1.54, 1.807) is 12.5 Å². The van der Waals surface area contributed by atoms with E-state index in [9.17, 15) is 0 Å². The number of likely N-dealkylation sites (tertiary alicyclic amines) is 1. The highest BCUT2D eigenvalue weighted by Gasteiger charge is 2.43. The van der Waals surface area contributed by atoms with Crippen LogP contribution >= 0.6 is 11.6 Å². The molecule has 1 aromatic carbocycles. The van der Waals surface area contributed by atoms with Crippen LogP contribution in [-0.4, -0.2) is 43.5 Å². The van der Waals surface area contributed by atoms with Crippen molar-refractivity contribution in [2.75, 3.05) is 13.1 Å².